The highest BCUT2D eigenvalue weighted by molar-refractivity contribution is 6.33. The van der Waals surface area contributed by atoms with Crippen LogP contribution in [0.5, 0.6) is 0 Å². The second kappa shape index (κ2) is 7.65. The molecule has 0 aromatic heterocycles. The summed E-state index contributed by atoms with van der Waals surface area (Å²) in [5, 5.41) is 4.81. The van der Waals surface area contributed by atoms with Crippen LogP contribution in [0.1, 0.15) is 16.7 Å². The lowest BCUT2D eigenvalue weighted by atomic mass is 10.1. The van der Waals surface area contributed by atoms with Gasteiger partial charge in [0.05, 0.1) is 6.61 Å². The van der Waals surface area contributed by atoms with Crippen molar-refractivity contribution >= 4 is 23.2 Å². The van der Waals surface area contributed by atoms with Gasteiger partial charge in [0.1, 0.15) is 0 Å². The van der Waals surface area contributed by atoms with Gasteiger partial charge in [-0.1, -0.05) is 47.5 Å². The van der Waals surface area contributed by atoms with E-state index in [0.717, 1.165) is 17.1 Å². The van der Waals surface area contributed by atoms with Crippen LogP contribution in [0.4, 0.5) is 0 Å². The number of hydrogen-bond acceptors (Lipinski definition) is 2. The van der Waals surface area contributed by atoms with Gasteiger partial charge in [0, 0.05) is 30.2 Å². The zero-order valence-electron chi connectivity index (χ0n) is 11.3. The van der Waals surface area contributed by atoms with Crippen LogP contribution in [-0.2, 0) is 24.4 Å². The van der Waals surface area contributed by atoms with E-state index in [0.29, 0.717) is 18.2 Å². The average Bonchev–Trinajstić information content (AvgIpc) is 2.43. The van der Waals surface area contributed by atoms with Gasteiger partial charge in [-0.2, -0.15) is 0 Å². The first-order valence-electron chi connectivity index (χ1n) is 6.40. The lowest BCUT2D eigenvalue weighted by Gasteiger charge is -2.08. The van der Waals surface area contributed by atoms with Gasteiger partial charge in [-0.15, -0.1) is 0 Å². The Labute approximate surface area is 129 Å². The number of halogens is 2. The van der Waals surface area contributed by atoms with Crippen LogP contribution in [0.25, 0.3) is 0 Å². The normalized spacial score (nSPS) is 10.8. The summed E-state index contributed by atoms with van der Waals surface area (Å²) in [5.74, 6) is 0. The van der Waals surface area contributed by atoms with E-state index in [2.05, 4.69) is 23.5 Å². The molecule has 2 aromatic carbocycles. The van der Waals surface area contributed by atoms with Gasteiger partial charge in [0.15, 0.2) is 0 Å². The van der Waals surface area contributed by atoms with Gasteiger partial charge >= 0.3 is 0 Å². The minimum Gasteiger partial charge on any atom is -0.380 e. The maximum absolute atomic E-state index is 6.13. The van der Waals surface area contributed by atoms with Crippen molar-refractivity contribution in [2.45, 2.75) is 19.7 Å². The van der Waals surface area contributed by atoms with E-state index < -0.39 is 0 Å². The maximum atomic E-state index is 6.13. The number of nitrogens with one attached hydrogen (secondary N) is 1. The number of methoxy groups -OCH3 is 1. The Morgan fingerprint density at radius 2 is 1.80 bits per heavy atom. The summed E-state index contributed by atoms with van der Waals surface area (Å²) in [7, 11) is 1.70. The molecule has 0 amide bonds. The predicted octanol–water partition coefficient (Wildman–Crippen LogP) is 4.43. The summed E-state index contributed by atoms with van der Waals surface area (Å²) < 4.78 is 5.13. The quantitative estimate of drug-likeness (QED) is 0.852. The fraction of sp³-hybridized carbons (Fsp3) is 0.250. The molecule has 2 nitrogen and oxygen atoms in total. The molecule has 4 heteroatoms. The Hall–Kier alpha value is -1.06. The zero-order valence-corrected chi connectivity index (χ0v) is 12.8. The molecule has 1 N–H and O–H groups in total. The van der Waals surface area contributed by atoms with Crippen LogP contribution in [0.2, 0.25) is 10.0 Å². The van der Waals surface area contributed by atoms with Crippen molar-refractivity contribution in [1.29, 1.82) is 0 Å². The van der Waals surface area contributed by atoms with Crippen LogP contribution in [0, 0.1) is 0 Å². The molecular formula is C16H17Cl2NO. The van der Waals surface area contributed by atoms with Crippen molar-refractivity contribution in [3.05, 3.63) is 69.2 Å². The van der Waals surface area contributed by atoms with Gasteiger partial charge in [0.25, 0.3) is 0 Å². The Morgan fingerprint density at radius 3 is 2.60 bits per heavy atom. The van der Waals surface area contributed by atoms with E-state index in [1.165, 1.54) is 11.1 Å². The topological polar surface area (TPSA) is 21.3 Å². The van der Waals surface area contributed by atoms with Crippen LogP contribution < -0.4 is 5.32 Å². The summed E-state index contributed by atoms with van der Waals surface area (Å²) in [6.45, 7) is 2.10. The Bertz CT molecular complexity index is 572. The van der Waals surface area contributed by atoms with Crippen LogP contribution >= 0.6 is 23.2 Å². The molecule has 0 aliphatic rings. The number of rotatable bonds is 6. The predicted molar refractivity (Wildman–Crippen MR) is 84.2 cm³/mol. The van der Waals surface area contributed by atoms with E-state index >= 15 is 0 Å². The third kappa shape index (κ3) is 4.50. The fourth-order valence-electron chi connectivity index (χ4n) is 2.02. The monoisotopic (exact) mass is 309 g/mol. The van der Waals surface area contributed by atoms with Crippen molar-refractivity contribution < 1.29 is 4.74 Å². The number of ether oxygens (including phenoxy) is 1. The van der Waals surface area contributed by atoms with Gasteiger partial charge < -0.3 is 10.1 Å². The molecule has 2 aromatic rings. The van der Waals surface area contributed by atoms with E-state index in [9.17, 15) is 0 Å². The van der Waals surface area contributed by atoms with Crippen molar-refractivity contribution in [1.82, 2.24) is 5.32 Å². The smallest absolute Gasteiger partial charge is 0.0713 e. The lowest BCUT2D eigenvalue weighted by molar-refractivity contribution is 0.185. The molecule has 0 radical (unpaired) electrons. The second-order valence-corrected chi connectivity index (χ2v) is 5.44. The van der Waals surface area contributed by atoms with E-state index in [4.69, 9.17) is 27.9 Å². The first-order chi connectivity index (χ1) is 9.69. The van der Waals surface area contributed by atoms with Crippen LogP contribution in [0.3, 0.4) is 0 Å². The third-order valence-electron chi connectivity index (χ3n) is 2.95. The molecule has 0 atom stereocenters. The standard InChI is InChI=1S/C16H17Cl2NO/c1-20-11-13-4-2-3-12(7-13)9-19-10-14-8-15(17)5-6-16(14)18/h2-8,19H,9-11H2,1H3. The Morgan fingerprint density at radius 1 is 1.00 bits per heavy atom. The molecule has 106 valence electrons. The molecule has 0 fully saturated rings. The maximum Gasteiger partial charge on any atom is 0.0713 e. The first-order valence-corrected chi connectivity index (χ1v) is 7.16. The lowest BCUT2D eigenvalue weighted by Crippen LogP contribution is -2.13. The van der Waals surface area contributed by atoms with Crippen molar-refractivity contribution in [3.8, 4) is 0 Å². The average molecular weight is 310 g/mol. The summed E-state index contributed by atoms with van der Waals surface area (Å²) in [5.41, 5.74) is 3.40. The summed E-state index contributed by atoms with van der Waals surface area (Å²) in [6, 6.07) is 13.8. The molecule has 0 saturated heterocycles. The minimum atomic E-state index is 0.633. The molecule has 0 heterocycles. The van der Waals surface area contributed by atoms with E-state index in [1.807, 2.05) is 18.2 Å². The molecule has 20 heavy (non-hydrogen) atoms. The molecule has 0 aliphatic carbocycles. The minimum absolute atomic E-state index is 0.633. The Kier molecular flexibility index (Phi) is 5.86. The van der Waals surface area contributed by atoms with E-state index in [-0.39, 0.29) is 0 Å². The molecular weight excluding hydrogens is 293 g/mol. The molecule has 0 aliphatic heterocycles. The van der Waals surface area contributed by atoms with Crippen LogP contribution in [0.15, 0.2) is 42.5 Å². The van der Waals surface area contributed by atoms with Gasteiger partial charge in [-0.25, -0.2) is 0 Å². The highest BCUT2D eigenvalue weighted by atomic mass is 35.5. The van der Waals surface area contributed by atoms with Gasteiger partial charge in [0.2, 0.25) is 0 Å². The summed E-state index contributed by atoms with van der Waals surface area (Å²) in [4.78, 5) is 0. The fourth-order valence-corrected chi connectivity index (χ4v) is 2.40. The Balaban J connectivity index is 1.92. The summed E-state index contributed by atoms with van der Waals surface area (Å²) in [6.07, 6.45) is 0. The van der Waals surface area contributed by atoms with E-state index in [1.54, 1.807) is 13.2 Å². The van der Waals surface area contributed by atoms with Gasteiger partial charge in [-0.3, -0.25) is 0 Å². The second-order valence-electron chi connectivity index (χ2n) is 4.59. The molecule has 2 rings (SSSR count). The largest absolute Gasteiger partial charge is 0.380 e. The first kappa shape index (κ1) is 15.3. The molecule has 0 spiro atoms. The van der Waals surface area contributed by atoms with Crippen molar-refractivity contribution in [3.63, 3.8) is 0 Å². The third-order valence-corrected chi connectivity index (χ3v) is 3.56. The molecule has 0 saturated carbocycles. The molecule has 0 bridgehead atoms. The highest BCUT2D eigenvalue weighted by Crippen LogP contribution is 2.20. The highest BCUT2D eigenvalue weighted by Gasteiger charge is 2.01. The number of hydrogen-bond donors (Lipinski definition) is 1. The van der Waals surface area contributed by atoms with Gasteiger partial charge in [-0.05, 0) is 34.9 Å². The van der Waals surface area contributed by atoms with Crippen molar-refractivity contribution in [2.75, 3.05) is 7.11 Å². The zero-order chi connectivity index (χ0) is 14.4. The SMILES string of the molecule is COCc1cccc(CNCc2cc(Cl)ccc2Cl)c1. The van der Waals surface area contributed by atoms with Crippen molar-refractivity contribution in [2.24, 2.45) is 0 Å². The molecule has 0 unspecified atom stereocenters. The number of benzene rings is 2. The summed E-state index contributed by atoms with van der Waals surface area (Å²) >= 11 is 12.1. The van der Waals surface area contributed by atoms with Crippen LogP contribution in [-0.4, -0.2) is 7.11 Å².